The van der Waals surface area contributed by atoms with Crippen LogP contribution in [0, 0.1) is 12.7 Å². The van der Waals surface area contributed by atoms with Crippen LogP contribution in [-0.2, 0) is 0 Å². The molecule has 0 unspecified atom stereocenters. The summed E-state index contributed by atoms with van der Waals surface area (Å²) < 4.78 is 13.9. The van der Waals surface area contributed by atoms with E-state index in [4.69, 9.17) is 0 Å². The number of aryl methyl sites for hydroxylation is 1. The Morgan fingerprint density at radius 3 is 2.40 bits per heavy atom. The largest absolute Gasteiger partial charge is 0.339 e. The van der Waals surface area contributed by atoms with Crippen molar-refractivity contribution in [1.29, 1.82) is 0 Å². The van der Waals surface area contributed by atoms with Crippen LogP contribution in [-0.4, -0.2) is 53.8 Å². The Morgan fingerprint density at radius 1 is 1.00 bits per heavy atom. The fourth-order valence-corrected chi connectivity index (χ4v) is 4.45. The molecule has 1 N–H and O–H groups in total. The van der Waals surface area contributed by atoms with E-state index in [1.54, 1.807) is 24.3 Å². The molecule has 4 rings (SSSR count). The van der Waals surface area contributed by atoms with Crippen LogP contribution in [0.1, 0.15) is 52.0 Å². The minimum atomic E-state index is -0.569. The van der Waals surface area contributed by atoms with Gasteiger partial charge in [0.1, 0.15) is 5.82 Å². The van der Waals surface area contributed by atoms with Crippen LogP contribution in [0.2, 0.25) is 0 Å². The first-order valence-electron chi connectivity index (χ1n) is 10.7. The molecule has 0 spiro atoms. The molecule has 0 radical (unpaired) electrons. The first kappa shape index (κ1) is 20.5. The number of nitrogens with zero attached hydrogens (tertiary/aromatic N) is 2. The van der Waals surface area contributed by atoms with Crippen molar-refractivity contribution in [1.82, 2.24) is 9.80 Å². The van der Waals surface area contributed by atoms with E-state index in [1.807, 2.05) is 17.9 Å². The van der Waals surface area contributed by atoms with Gasteiger partial charge in [-0.25, -0.2) is 4.39 Å². The fourth-order valence-electron chi connectivity index (χ4n) is 4.45. The lowest BCUT2D eigenvalue weighted by atomic mass is 10.0. The molecule has 0 aromatic heterocycles. The lowest BCUT2D eigenvalue weighted by molar-refractivity contribution is 0.0644. The number of hydrogen-bond acceptors (Lipinski definition) is 3. The van der Waals surface area contributed by atoms with E-state index in [9.17, 15) is 14.0 Å². The van der Waals surface area contributed by atoms with Gasteiger partial charge in [0.15, 0.2) is 0 Å². The monoisotopic (exact) mass is 409 g/mol. The Labute approximate surface area is 176 Å². The molecule has 2 saturated heterocycles. The first-order valence-corrected chi connectivity index (χ1v) is 10.7. The van der Waals surface area contributed by atoms with Crippen molar-refractivity contribution in [3.63, 3.8) is 0 Å². The molecule has 0 aliphatic carbocycles. The number of likely N-dealkylation sites (tertiary alicyclic amines) is 2. The van der Waals surface area contributed by atoms with Crippen molar-refractivity contribution in [3.05, 3.63) is 65.0 Å². The maximum atomic E-state index is 13.9. The number of hydrogen-bond donors (Lipinski definition) is 1. The van der Waals surface area contributed by atoms with Gasteiger partial charge in [-0.15, -0.1) is 0 Å². The zero-order valence-corrected chi connectivity index (χ0v) is 17.4. The van der Waals surface area contributed by atoms with Gasteiger partial charge in [0.05, 0.1) is 5.56 Å². The number of carbonyl (C=O) groups excluding carboxylic acids is 2. The Kier molecular flexibility index (Phi) is 6.13. The van der Waals surface area contributed by atoms with Crippen molar-refractivity contribution in [2.45, 2.75) is 38.6 Å². The second kappa shape index (κ2) is 8.96. The Hall–Kier alpha value is -2.73. The highest BCUT2D eigenvalue weighted by Crippen LogP contribution is 2.24. The second-order valence-corrected chi connectivity index (χ2v) is 8.23. The van der Waals surface area contributed by atoms with Crippen molar-refractivity contribution in [2.24, 2.45) is 0 Å². The number of carbonyl (C=O) groups is 2. The third-order valence-corrected chi connectivity index (χ3v) is 6.26. The van der Waals surface area contributed by atoms with Gasteiger partial charge in [-0.05, 0) is 75.5 Å². The quantitative estimate of drug-likeness (QED) is 0.828. The van der Waals surface area contributed by atoms with Gasteiger partial charge in [0.25, 0.3) is 11.8 Å². The summed E-state index contributed by atoms with van der Waals surface area (Å²) in [5.41, 5.74) is 1.88. The first-order chi connectivity index (χ1) is 14.5. The number of rotatable bonds is 4. The Bertz CT molecular complexity index is 932. The van der Waals surface area contributed by atoms with Crippen LogP contribution in [0.25, 0.3) is 0 Å². The summed E-state index contributed by atoms with van der Waals surface area (Å²) >= 11 is 0. The molecule has 5 nitrogen and oxygen atoms in total. The van der Waals surface area contributed by atoms with Crippen molar-refractivity contribution in [3.8, 4) is 0 Å². The highest BCUT2D eigenvalue weighted by molar-refractivity contribution is 6.05. The van der Waals surface area contributed by atoms with E-state index < -0.39 is 11.7 Å². The maximum absolute atomic E-state index is 13.9. The summed E-state index contributed by atoms with van der Waals surface area (Å²) in [4.78, 5) is 30.0. The number of nitrogens with one attached hydrogen (secondary N) is 1. The normalized spacial score (nSPS) is 17.9. The van der Waals surface area contributed by atoms with Gasteiger partial charge in [-0.1, -0.05) is 18.2 Å². The molecule has 6 heteroatoms. The molecule has 2 amide bonds. The molecule has 0 saturated carbocycles. The maximum Gasteiger partial charge on any atom is 0.258 e. The molecular weight excluding hydrogens is 381 g/mol. The third kappa shape index (κ3) is 4.38. The number of piperidine rings is 1. The number of amides is 2. The zero-order valence-electron chi connectivity index (χ0n) is 17.4. The molecule has 2 fully saturated rings. The van der Waals surface area contributed by atoms with Crippen LogP contribution in [0.5, 0.6) is 0 Å². The van der Waals surface area contributed by atoms with Crippen LogP contribution in [0.15, 0.2) is 42.5 Å². The van der Waals surface area contributed by atoms with Crippen LogP contribution >= 0.6 is 0 Å². The number of anilines is 1. The van der Waals surface area contributed by atoms with Crippen molar-refractivity contribution in [2.75, 3.05) is 31.5 Å². The molecule has 30 heavy (non-hydrogen) atoms. The van der Waals surface area contributed by atoms with Gasteiger partial charge >= 0.3 is 0 Å². The minimum Gasteiger partial charge on any atom is -0.339 e. The van der Waals surface area contributed by atoms with E-state index in [2.05, 4.69) is 10.2 Å². The van der Waals surface area contributed by atoms with Crippen molar-refractivity contribution < 1.29 is 14.0 Å². The van der Waals surface area contributed by atoms with E-state index in [0.717, 1.165) is 31.5 Å². The summed E-state index contributed by atoms with van der Waals surface area (Å²) in [6.45, 7) is 5.73. The van der Waals surface area contributed by atoms with Gasteiger partial charge in [0.2, 0.25) is 0 Å². The molecule has 0 bridgehead atoms. The molecule has 158 valence electrons. The predicted molar refractivity (Wildman–Crippen MR) is 115 cm³/mol. The number of halogens is 1. The van der Waals surface area contributed by atoms with Gasteiger partial charge in [0, 0.05) is 30.4 Å². The zero-order chi connectivity index (χ0) is 21.1. The van der Waals surface area contributed by atoms with Crippen LogP contribution < -0.4 is 5.32 Å². The average molecular weight is 410 g/mol. The third-order valence-electron chi connectivity index (χ3n) is 6.26. The summed E-state index contributed by atoms with van der Waals surface area (Å²) in [5.74, 6) is -1.11. The summed E-state index contributed by atoms with van der Waals surface area (Å²) in [6.07, 6.45) is 4.58. The minimum absolute atomic E-state index is 0.0161. The molecular formula is C24H28FN3O2. The molecule has 2 aliphatic heterocycles. The molecule has 2 aliphatic rings. The SMILES string of the molecule is Cc1ccc(C(=O)N2CCC(N3CCCC3)CC2)cc1NC(=O)c1ccccc1F. The topological polar surface area (TPSA) is 52.7 Å². The van der Waals surface area contributed by atoms with Crippen LogP contribution in [0.4, 0.5) is 10.1 Å². The fraction of sp³-hybridized carbons (Fsp3) is 0.417. The molecule has 2 aromatic carbocycles. The van der Waals surface area contributed by atoms with Gasteiger partial charge < -0.3 is 15.1 Å². The van der Waals surface area contributed by atoms with E-state index in [0.29, 0.717) is 17.3 Å². The highest BCUT2D eigenvalue weighted by atomic mass is 19.1. The van der Waals surface area contributed by atoms with Gasteiger partial charge in [-0.3, -0.25) is 9.59 Å². The molecule has 2 aromatic rings. The van der Waals surface area contributed by atoms with E-state index in [-0.39, 0.29) is 11.5 Å². The lowest BCUT2D eigenvalue weighted by Crippen LogP contribution is -2.45. The number of benzene rings is 2. The van der Waals surface area contributed by atoms with Gasteiger partial charge in [-0.2, -0.15) is 0 Å². The Morgan fingerprint density at radius 2 is 1.70 bits per heavy atom. The molecule has 2 heterocycles. The van der Waals surface area contributed by atoms with Crippen molar-refractivity contribution >= 4 is 17.5 Å². The summed E-state index contributed by atoms with van der Waals surface area (Å²) in [7, 11) is 0. The van der Waals surface area contributed by atoms with E-state index >= 15 is 0 Å². The Balaban J connectivity index is 1.43. The average Bonchev–Trinajstić information content (AvgIpc) is 3.30. The summed E-state index contributed by atoms with van der Waals surface area (Å²) in [5, 5.41) is 2.75. The summed E-state index contributed by atoms with van der Waals surface area (Å²) in [6, 6.07) is 11.8. The predicted octanol–water partition coefficient (Wildman–Crippen LogP) is 4.09. The van der Waals surface area contributed by atoms with E-state index in [1.165, 1.54) is 38.1 Å². The second-order valence-electron chi connectivity index (χ2n) is 8.23. The lowest BCUT2D eigenvalue weighted by Gasteiger charge is -2.36. The standard InChI is InChI=1S/C24H28FN3O2/c1-17-8-9-18(16-22(17)26-23(29)20-6-2-3-7-21(20)25)24(30)28-14-10-19(11-15-28)27-12-4-5-13-27/h2-3,6-9,16,19H,4-5,10-15H2,1H3,(H,26,29). The van der Waals surface area contributed by atoms with Crippen LogP contribution in [0.3, 0.4) is 0 Å². The highest BCUT2D eigenvalue weighted by Gasteiger charge is 2.28. The smallest absolute Gasteiger partial charge is 0.258 e. The molecule has 0 atom stereocenters.